The zero-order valence-corrected chi connectivity index (χ0v) is 21.2. The van der Waals surface area contributed by atoms with E-state index in [1.807, 2.05) is 24.3 Å². The molecular formula is C27H32N6O3. The van der Waals surface area contributed by atoms with Crippen LogP contribution in [-0.2, 0) is 6.54 Å². The van der Waals surface area contributed by atoms with Crippen molar-refractivity contribution in [2.24, 2.45) is 0 Å². The van der Waals surface area contributed by atoms with E-state index in [0.717, 1.165) is 43.3 Å². The van der Waals surface area contributed by atoms with Gasteiger partial charge in [-0.05, 0) is 59.7 Å². The summed E-state index contributed by atoms with van der Waals surface area (Å²) in [6.45, 7) is 8.28. The summed E-state index contributed by atoms with van der Waals surface area (Å²) in [6.07, 6.45) is 1.66. The van der Waals surface area contributed by atoms with Gasteiger partial charge in [0.15, 0.2) is 17.3 Å². The third kappa shape index (κ3) is 4.54. The molecule has 0 spiro atoms. The maximum Gasteiger partial charge on any atom is 0.173 e. The maximum atomic E-state index is 5.84. The second kappa shape index (κ2) is 10.4. The van der Waals surface area contributed by atoms with Crippen LogP contribution in [0.4, 0.5) is 5.69 Å². The van der Waals surface area contributed by atoms with Gasteiger partial charge in [0, 0.05) is 37.4 Å². The lowest BCUT2D eigenvalue weighted by atomic mass is 10.0. The van der Waals surface area contributed by atoms with Crippen LogP contribution in [-0.4, -0.2) is 65.5 Å². The number of anilines is 1. The smallest absolute Gasteiger partial charge is 0.173 e. The van der Waals surface area contributed by atoms with Crippen molar-refractivity contribution in [1.82, 2.24) is 25.1 Å². The minimum atomic E-state index is -0.222. The summed E-state index contributed by atoms with van der Waals surface area (Å²) in [6, 6.07) is 16.0. The van der Waals surface area contributed by atoms with Gasteiger partial charge < -0.3 is 18.8 Å². The van der Waals surface area contributed by atoms with Gasteiger partial charge in [-0.2, -0.15) is 0 Å². The van der Waals surface area contributed by atoms with Crippen molar-refractivity contribution in [3.05, 3.63) is 83.1 Å². The number of hydrogen-bond acceptors (Lipinski definition) is 8. The molecule has 9 nitrogen and oxygen atoms in total. The average molecular weight is 489 g/mol. The summed E-state index contributed by atoms with van der Waals surface area (Å²) in [5, 5.41) is 12.8. The zero-order chi connectivity index (χ0) is 25.1. The van der Waals surface area contributed by atoms with Gasteiger partial charge in [0.1, 0.15) is 18.3 Å². The maximum absolute atomic E-state index is 5.84. The molecule has 1 aliphatic rings. The van der Waals surface area contributed by atoms with E-state index in [0.29, 0.717) is 18.0 Å². The molecule has 3 heterocycles. The lowest BCUT2D eigenvalue weighted by Gasteiger charge is -2.40. The highest BCUT2D eigenvalue weighted by Crippen LogP contribution is 2.40. The van der Waals surface area contributed by atoms with Gasteiger partial charge >= 0.3 is 0 Å². The molecule has 1 saturated heterocycles. The zero-order valence-electron chi connectivity index (χ0n) is 21.2. The largest absolute Gasteiger partial charge is 0.493 e. The first-order valence-corrected chi connectivity index (χ1v) is 12.1. The van der Waals surface area contributed by atoms with Crippen molar-refractivity contribution in [2.75, 3.05) is 45.3 Å². The molecule has 0 saturated carbocycles. The average Bonchev–Trinajstić information content (AvgIpc) is 3.59. The molecule has 2 aromatic heterocycles. The molecule has 0 radical (unpaired) electrons. The van der Waals surface area contributed by atoms with Crippen molar-refractivity contribution in [1.29, 1.82) is 0 Å². The molecule has 2 aromatic carbocycles. The topological polar surface area (TPSA) is 81.7 Å². The second-order valence-corrected chi connectivity index (χ2v) is 9.00. The minimum Gasteiger partial charge on any atom is -0.493 e. The number of aryl methyl sites for hydroxylation is 1. The molecule has 1 atom stereocenters. The van der Waals surface area contributed by atoms with Crippen LogP contribution in [0.5, 0.6) is 11.5 Å². The van der Waals surface area contributed by atoms with Crippen LogP contribution < -0.4 is 14.4 Å². The van der Waals surface area contributed by atoms with Crippen LogP contribution in [0.25, 0.3) is 0 Å². The van der Waals surface area contributed by atoms with E-state index in [-0.39, 0.29) is 6.04 Å². The summed E-state index contributed by atoms with van der Waals surface area (Å²) < 4.78 is 18.8. The molecule has 36 heavy (non-hydrogen) atoms. The van der Waals surface area contributed by atoms with Gasteiger partial charge in [0.05, 0.1) is 20.5 Å². The number of methoxy groups -OCH3 is 2. The first-order valence-electron chi connectivity index (χ1n) is 12.1. The molecule has 0 amide bonds. The molecule has 1 aliphatic heterocycles. The Labute approximate surface area is 211 Å². The van der Waals surface area contributed by atoms with E-state index >= 15 is 0 Å². The number of hydrogen-bond donors (Lipinski definition) is 0. The number of para-hydroxylation sites is 1. The van der Waals surface area contributed by atoms with Gasteiger partial charge in [-0.25, -0.2) is 4.68 Å². The van der Waals surface area contributed by atoms with Crippen LogP contribution >= 0.6 is 0 Å². The van der Waals surface area contributed by atoms with Gasteiger partial charge in [-0.15, -0.1) is 5.10 Å². The number of piperazine rings is 1. The lowest BCUT2D eigenvalue weighted by molar-refractivity contribution is 0.196. The van der Waals surface area contributed by atoms with E-state index in [2.05, 4.69) is 63.4 Å². The number of ether oxygens (including phenoxy) is 2. The van der Waals surface area contributed by atoms with E-state index in [4.69, 9.17) is 13.9 Å². The number of rotatable bonds is 8. The fourth-order valence-electron chi connectivity index (χ4n) is 5.00. The monoisotopic (exact) mass is 488 g/mol. The van der Waals surface area contributed by atoms with Crippen LogP contribution in [0.15, 0.2) is 59.2 Å². The van der Waals surface area contributed by atoms with Crippen molar-refractivity contribution in [3.8, 4) is 11.5 Å². The van der Waals surface area contributed by atoms with Crippen molar-refractivity contribution in [2.45, 2.75) is 26.4 Å². The number of aromatic nitrogens is 4. The predicted molar refractivity (Wildman–Crippen MR) is 137 cm³/mol. The predicted octanol–water partition coefficient (Wildman–Crippen LogP) is 3.86. The molecular weight excluding hydrogens is 456 g/mol. The quantitative estimate of drug-likeness (QED) is 0.370. The van der Waals surface area contributed by atoms with Crippen LogP contribution in [0.2, 0.25) is 0 Å². The Kier molecular flexibility index (Phi) is 6.90. The molecule has 0 aliphatic carbocycles. The van der Waals surface area contributed by atoms with E-state index in [1.165, 1.54) is 16.8 Å². The van der Waals surface area contributed by atoms with Crippen molar-refractivity contribution < 1.29 is 13.9 Å². The summed E-state index contributed by atoms with van der Waals surface area (Å²) >= 11 is 0. The highest BCUT2D eigenvalue weighted by Gasteiger charge is 2.34. The molecule has 188 valence electrons. The summed E-state index contributed by atoms with van der Waals surface area (Å²) in [7, 11) is 3.32. The van der Waals surface area contributed by atoms with E-state index in [9.17, 15) is 0 Å². The number of furan rings is 1. The van der Waals surface area contributed by atoms with Gasteiger partial charge in [0.2, 0.25) is 0 Å². The minimum absolute atomic E-state index is 0.222. The third-order valence-electron chi connectivity index (χ3n) is 7.01. The Hall–Kier alpha value is -3.85. The van der Waals surface area contributed by atoms with Gasteiger partial charge in [-0.3, -0.25) is 4.90 Å². The van der Waals surface area contributed by atoms with Gasteiger partial charge in [-0.1, -0.05) is 24.3 Å². The number of tetrazole rings is 1. The molecule has 0 bridgehead atoms. The Balaban J connectivity index is 1.50. The second-order valence-electron chi connectivity index (χ2n) is 9.00. The normalized spacial score (nSPS) is 15.2. The molecule has 0 N–H and O–H groups in total. The number of benzene rings is 2. The highest BCUT2D eigenvalue weighted by atomic mass is 16.5. The summed E-state index contributed by atoms with van der Waals surface area (Å²) in [4.78, 5) is 4.88. The first kappa shape index (κ1) is 23.9. The van der Waals surface area contributed by atoms with Gasteiger partial charge in [0.25, 0.3) is 0 Å². The van der Waals surface area contributed by atoms with E-state index < -0.39 is 0 Å². The molecule has 5 rings (SSSR count). The van der Waals surface area contributed by atoms with Crippen molar-refractivity contribution >= 4 is 5.69 Å². The highest BCUT2D eigenvalue weighted by molar-refractivity contribution is 5.56. The van der Waals surface area contributed by atoms with Crippen LogP contribution in [0.1, 0.15) is 34.3 Å². The number of nitrogens with zero attached hydrogens (tertiary/aromatic N) is 6. The Morgan fingerprint density at radius 1 is 0.944 bits per heavy atom. The van der Waals surface area contributed by atoms with Crippen LogP contribution in [0, 0.1) is 13.8 Å². The summed E-state index contributed by atoms with van der Waals surface area (Å²) in [5.74, 6) is 2.89. The fraction of sp³-hybridized carbons (Fsp3) is 0.370. The fourth-order valence-corrected chi connectivity index (χ4v) is 5.00. The standard InChI is InChI=1S/C27H32N6O3/c1-19-8-5-11-23(20(19)2)31-13-15-32(16-14-31)25(22-10-6-12-24(34-3)26(22)35-4)27-28-29-30-33(27)18-21-9-7-17-36-21/h5-12,17,25H,13-16,18H2,1-4H3/t25-/m0/s1. The third-order valence-corrected chi connectivity index (χ3v) is 7.01. The van der Waals surface area contributed by atoms with E-state index in [1.54, 1.807) is 25.2 Å². The Bertz CT molecular complexity index is 1290. The first-order chi connectivity index (χ1) is 17.6. The molecule has 9 heteroatoms. The molecule has 4 aromatic rings. The lowest BCUT2D eigenvalue weighted by Crippen LogP contribution is -2.48. The van der Waals surface area contributed by atoms with Crippen LogP contribution in [0.3, 0.4) is 0 Å². The molecule has 0 unspecified atom stereocenters. The Morgan fingerprint density at radius 3 is 2.47 bits per heavy atom. The molecule has 1 fully saturated rings. The van der Waals surface area contributed by atoms with Crippen molar-refractivity contribution in [3.63, 3.8) is 0 Å². The Morgan fingerprint density at radius 2 is 1.75 bits per heavy atom. The summed E-state index contributed by atoms with van der Waals surface area (Å²) in [5.41, 5.74) is 4.91. The SMILES string of the molecule is COc1cccc([C@@H](c2nnnn2Cc2ccco2)N2CCN(c3cccc(C)c3C)CC2)c1OC.